The molecule has 0 atom stereocenters. The number of aromatic nitrogens is 1. The lowest BCUT2D eigenvalue weighted by atomic mass is 9.92. The van der Waals surface area contributed by atoms with Gasteiger partial charge in [0, 0.05) is 74.9 Å². The van der Waals surface area contributed by atoms with Gasteiger partial charge in [0.25, 0.3) is 11.8 Å². The smallest absolute Gasteiger partial charge is 0.255 e. The molecule has 1 aliphatic carbocycles. The first kappa shape index (κ1) is 53.0. The van der Waals surface area contributed by atoms with Gasteiger partial charge in [-0.25, -0.2) is 0 Å². The van der Waals surface area contributed by atoms with Gasteiger partial charge in [-0.05, 0) is 119 Å². The maximum absolute atomic E-state index is 13.5. The largest absolute Gasteiger partial charge is 0.378 e. The minimum atomic E-state index is -0.295. The maximum Gasteiger partial charge on any atom is 0.255 e. The summed E-state index contributed by atoms with van der Waals surface area (Å²) in [6.07, 6.45) is 7.40. The zero-order valence-corrected chi connectivity index (χ0v) is 38.4. The Hall–Kier alpha value is -5.18. The number of likely N-dealkylation sites (N-methyl/N-ethyl adjacent to an activating group) is 2. The highest BCUT2D eigenvalue weighted by atomic mass is 16.5. The van der Waals surface area contributed by atoms with Gasteiger partial charge >= 0.3 is 0 Å². The lowest BCUT2D eigenvalue weighted by molar-refractivity contribution is -0.106. The average Bonchev–Trinajstić information content (AvgIpc) is 3.30. The first-order valence-corrected chi connectivity index (χ1v) is 22.0. The number of fused-ring (bicyclic) bond motifs is 1. The summed E-state index contributed by atoms with van der Waals surface area (Å²) in [5.74, 6) is -0.443. The third-order valence-corrected chi connectivity index (χ3v) is 9.99. The number of ether oxygens (including phenoxy) is 3. The van der Waals surface area contributed by atoms with E-state index < -0.39 is 0 Å². The van der Waals surface area contributed by atoms with E-state index in [4.69, 9.17) is 24.7 Å². The van der Waals surface area contributed by atoms with Gasteiger partial charge in [-0.3, -0.25) is 19.4 Å². The standard InChI is InChI=1S/C36H52N6O5.C10H12.C2H6.CH3NO/c1-6-42(7-2)31-11-12-33(32(27-31)34-25-28(3)13-15-38-34)39-35(43)29-9-8-10-30(26-29)36(44)41(5)17-16-40(4)18-20-46-22-24-47-23-21-45-19-14-37;1-2-6-10-8-4-3-7-9(10)5-1;1-2;2-1-3/h8-13,15,25-27H,6-7,14,16-24,37H2,1-5H3,(H,39,43);1-2,5-6H,3-4,7-8H2;1-2H3;1H,(H2,2,3). The first-order chi connectivity index (χ1) is 30.1. The number of nitrogens with two attached hydrogens (primary N) is 2. The zero-order valence-electron chi connectivity index (χ0n) is 38.4. The number of pyridine rings is 1. The van der Waals surface area contributed by atoms with Crippen molar-refractivity contribution >= 4 is 29.6 Å². The number of hydrogen-bond acceptors (Lipinski definition) is 10. The predicted molar refractivity (Wildman–Crippen MR) is 253 cm³/mol. The van der Waals surface area contributed by atoms with Crippen LogP contribution in [0.4, 0.5) is 11.4 Å². The molecule has 1 heterocycles. The van der Waals surface area contributed by atoms with E-state index in [1.165, 1.54) is 25.7 Å². The molecule has 0 aliphatic heterocycles. The summed E-state index contributed by atoms with van der Waals surface area (Å²) in [6.45, 7) is 17.6. The van der Waals surface area contributed by atoms with Crippen LogP contribution in [-0.2, 0) is 31.8 Å². The van der Waals surface area contributed by atoms with Crippen molar-refractivity contribution in [2.24, 2.45) is 11.5 Å². The molecule has 62 heavy (non-hydrogen) atoms. The van der Waals surface area contributed by atoms with Gasteiger partial charge in [-0.15, -0.1) is 0 Å². The number of carbonyl (C=O) groups excluding carboxylic acids is 3. The van der Waals surface area contributed by atoms with Crippen LogP contribution >= 0.6 is 0 Å². The van der Waals surface area contributed by atoms with Gasteiger partial charge in [0.2, 0.25) is 6.41 Å². The molecule has 1 aliphatic rings. The number of anilines is 2. The summed E-state index contributed by atoms with van der Waals surface area (Å²) in [6, 6.07) is 25.6. The molecule has 0 spiro atoms. The van der Waals surface area contributed by atoms with E-state index in [9.17, 15) is 9.59 Å². The summed E-state index contributed by atoms with van der Waals surface area (Å²) < 4.78 is 16.4. The molecule has 0 bridgehead atoms. The Bertz CT molecular complexity index is 1850. The Kier molecular flexibility index (Phi) is 27.0. The summed E-state index contributed by atoms with van der Waals surface area (Å²) in [5.41, 5.74) is 18.0. The van der Waals surface area contributed by atoms with E-state index in [-0.39, 0.29) is 18.2 Å². The maximum atomic E-state index is 13.5. The number of rotatable bonds is 21. The molecule has 1 aromatic heterocycles. The second kappa shape index (κ2) is 31.6. The van der Waals surface area contributed by atoms with Crippen LogP contribution in [0.5, 0.6) is 0 Å². The molecule has 5 N–H and O–H groups in total. The minimum absolute atomic E-state index is 0.148. The number of amides is 3. The van der Waals surface area contributed by atoms with Crippen molar-refractivity contribution in [1.29, 1.82) is 0 Å². The zero-order chi connectivity index (χ0) is 45.5. The fourth-order valence-corrected chi connectivity index (χ4v) is 6.59. The Labute approximate surface area is 371 Å². The van der Waals surface area contributed by atoms with E-state index in [1.54, 1.807) is 53.5 Å². The van der Waals surface area contributed by atoms with Gasteiger partial charge < -0.3 is 45.7 Å². The van der Waals surface area contributed by atoms with Crippen LogP contribution in [0.2, 0.25) is 0 Å². The van der Waals surface area contributed by atoms with Crippen molar-refractivity contribution in [2.75, 3.05) is 103 Å². The van der Waals surface area contributed by atoms with Crippen LogP contribution in [0.15, 0.2) is 85.1 Å². The summed E-state index contributed by atoms with van der Waals surface area (Å²) in [5, 5.41) is 3.07. The second-order valence-electron chi connectivity index (χ2n) is 14.4. The summed E-state index contributed by atoms with van der Waals surface area (Å²) in [4.78, 5) is 46.0. The Morgan fingerprint density at radius 1 is 0.758 bits per heavy atom. The first-order valence-electron chi connectivity index (χ1n) is 22.0. The van der Waals surface area contributed by atoms with Gasteiger partial charge in [-0.2, -0.15) is 0 Å². The molecule has 3 amide bonds. The minimum Gasteiger partial charge on any atom is -0.378 e. The second-order valence-corrected chi connectivity index (χ2v) is 14.4. The highest BCUT2D eigenvalue weighted by Gasteiger charge is 2.18. The summed E-state index contributed by atoms with van der Waals surface area (Å²) >= 11 is 0. The van der Waals surface area contributed by atoms with Gasteiger partial charge in [0.05, 0.1) is 51.0 Å². The molecule has 13 nitrogen and oxygen atoms in total. The Balaban J connectivity index is 0.000000741. The molecule has 0 saturated carbocycles. The van der Waals surface area contributed by atoms with Crippen LogP contribution in [0.3, 0.4) is 0 Å². The number of carbonyl (C=O) groups is 3. The lowest BCUT2D eigenvalue weighted by Gasteiger charge is -2.23. The van der Waals surface area contributed by atoms with Crippen LogP contribution in [-0.4, -0.2) is 126 Å². The summed E-state index contributed by atoms with van der Waals surface area (Å²) in [7, 11) is 3.76. The Morgan fingerprint density at radius 2 is 1.35 bits per heavy atom. The van der Waals surface area contributed by atoms with E-state index in [1.807, 2.05) is 52.1 Å². The van der Waals surface area contributed by atoms with E-state index in [2.05, 4.69) is 70.0 Å². The van der Waals surface area contributed by atoms with Crippen LogP contribution in [0.1, 0.15) is 77.9 Å². The van der Waals surface area contributed by atoms with E-state index in [0.29, 0.717) is 76.1 Å². The molecule has 0 radical (unpaired) electrons. The third-order valence-electron chi connectivity index (χ3n) is 9.99. The van der Waals surface area contributed by atoms with Crippen LogP contribution < -0.4 is 21.7 Å². The molecule has 0 unspecified atom stereocenters. The highest BCUT2D eigenvalue weighted by Crippen LogP contribution is 2.32. The van der Waals surface area contributed by atoms with Crippen molar-refractivity contribution in [1.82, 2.24) is 14.8 Å². The number of nitrogens with zero attached hydrogens (tertiary/aromatic N) is 4. The van der Waals surface area contributed by atoms with Crippen molar-refractivity contribution in [3.8, 4) is 11.3 Å². The van der Waals surface area contributed by atoms with Crippen LogP contribution in [0, 0.1) is 6.92 Å². The molecule has 3 aromatic carbocycles. The topological polar surface area (TPSA) is 166 Å². The molecule has 13 heteroatoms. The quantitative estimate of drug-likeness (QED) is 0.0596. The number of primary amides is 1. The normalized spacial score (nSPS) is 11.4. The molecule has 340 valence electrons. The molecule has 4 aromatic rings. The van der Waals surface area contributed by atoms with Crippen molar-refractivity contribution in [3.05, 3.63) is 113 Å². The molecule has 5 rings (SSSR count). The number of hydrogen-bond donors (Lipinski definition) is 3. The van der Waals surface area contributed by atoms with Gasteiger partial charge in [0.1, 0.15) is 0 Å². The Morgan fingerprint density at radius 3 is 1.95 bits per heavy atom. The molecule has 0 fully saturated rings. The van der Waals surface area contributed by atoms with Crippen molar-refractivity contribution < 1.29 is 28.6 Å². The number of benzene rings is 3. The van der Waals surface area contributed by atoms with Gasteiger partial charge in [-0.1, -0.05) is 44.2 Å². The molecular weight excluding hydrogens is 783 g/mol. The highest BCUT2D eigenvalue weighted by molar-refractivity contribution is 6.08. The fourth-order valence-electron chi connectivity index (χ4n) is 6.59. The SMILES string of the molecule is CC.CCN(CC)c1ccc(NC(=O)c2cccc(C(=O)N(C)CCN(C)CCOCCOCCOCCN)c2)c(-c2cc(C)ccn2)c1.NC=O.c1ccc2c(c1)CCCC2. The number of aryl methyl sites for hydroxylation is 3. The third kappa shape index (κ3) is 19.3. The average molecular weight is 856 g/mol. The predicted octanol–water partition coefficient (Wildman–Crippen LogP) is 6.86. The molecule has 0 saturated heterocycles. The van der Waals surface area contributed by atoms with Crippen LogP contribution in [0.25, 0.3) is 11.3 Å². The lowest BCUT2D eigenvalue weighted by Crippen LogP contribution is -2.36. The van der Waals surface area contributed by atoms with Crippen molar-refractivity contribution in [3.63, 3.8) is 0 Å². The van der Waals surface area contributed by atoms with E-state index in [0.717, 1.165) is 42.1 Å². The monoisotopic (exact) mass is 856 g/mol. The molecular formula is C49H73N7O6. The fraction of sp³-hybridized carbons (Fsp3) is 0.469. The van der Waals surface area contributed by atoms with E-state index >= 15 is 0 Å². The van der Waals surface area contributed by atoms with Crippen molar-refractivity contribution in [2.45, 2.75) is 60.3 Å². The van der Waals surface area contributed by atoms with Gasteiger partial charge in [0.15, 0.2) is 0 Å². The number of nitrogens with one attached hydrogen (secondary N) is 1.